The van der Waals surface area contributed by atoms with Gasteiger partial charge in [-0.2, -0.15) is 0 Å². The number of sulfonamides is 1. The van der Waals surface area contributed by atoms with Crippen LogP contribution in [0.25, 0.3) is 0 Å². The Morgan fingerprint density at radius 2 is 1.54 bits per heavy atom. The summed E-state index contributed by atoms with van der Waals surface area (Å²) < 4.78 is 71.7. The molecule has 1 N–H and O–H groups in total. The van der Waals surface area contributed by atoms with Gasteiger partial charge in [-0.15, -0.1) is 0 Å². The van der Waals surface area contributed by atoms with Crippen LogP contribution in [0.4, 0.5) is 4.39 Å². The Morgan fingerprint density at radius 3 is 2.11 bits per heavy atom. The van der Waals surface area contributed by atoms with Gasteiger partial charge in [-0.25, -0.2) is 25.9 Å². The van der Waals surface area contributed by atoms with Gasteiger partial charge < -0.3 is 4.42 Å². The van der Waals surface area contributed by atoms with Crippen LogP contribution in [0.3, 0.4) is 0 Å². The third-order valence-electron chi connectivity index (χ3n) is 4.17. The molecule has 0 fully saturated rings. The fraction of sp³-hybridized carbons (Fsp3) is 0.158. The van der Waals surface area contributed by atoms with Crippen LogP contribution in [-0.2, 0) is 19.9 Å². The average molecular weight is 423 g/mol. The van der Waals surface area contributed by atoms with E-state index in [0.29, 0.717) is 0 Å². The molecule has 9 heteroatoms. The molecule has 0 bridgehead atoms. The van der Waals surface area contributed by atoms with Crippen molar-refractivity contribution in [1.82, 2.24) is 4.72 Å². The third-order valence-corrected chi connectivity index (χ3v) is 7.68. The monoisotopic (exact) mass is 423 g/mol. The lowest BCUT2D eigenvalue weighted by molar-refractivity contribution is 0.486. The maximum Gasteiger partial charge on any atom is 0.240 e. The zero-order valence-corrected chi connectivity index (χ0v) is 16.5. The van der Waals surface area contributed by atoms with E-state index < -0.39 is 37.5 Å². The van der Waals surface area contributed by atoms with Crippen molar-refractivity contribution in [3.8, 4) is 0 Å². The zero-order chi connectivity index (χ0) is 20.4. The molecule has 0 amide bonds. The predicted octanol–water partition coefficient (Wildman–Crippen LogP) is 3.22. The molecule has 2 aromatic carbocycles. The Morgan fingerprint density at radius 1 is 0.929 bits per heavy atom. The van der Waals surface area contributed by atoms with Crippen LogP contribution in [0.1, 0.15) is 16.6 Å². The highest BCUT2D eigenvalue weighted by Crippen LogP contribution is 2.29. The van der Waals surface area contributed by atoms with Crippen LogP contribution in [0.2, 0.25) is 0 Å². The standard InChI is InChI=1S/C19H18FNO5S2/c1-14-4-8-16(9-5-14)27(22,23)19(18-3-2-12-26-18)13-21-28(24,25)17-10-6-15(20)7-11-17/h2-12,19,21H,13H2,1H3. The highest BCUT2D eigenvalue weighted by atomic mass is 32.2. The maximum atomic E-state index is 13.1. The van der Waals surface area contributed by atoms with Crippen molar-refractivity contribution in [2.45, 2.75) is 22.0 Å². The van der Waals surface area contributed by atoms with Crippen LogP contribution in [0.5, 0.6) is 0 Å². The van der Waals surface area contributed by atoms with Crippen LogP contribution >= 0.6 is 0 Å². The number of hydrogen-bond donors (Lipinski definition) is 1. The second kappa shape index (κ2) is 7.86. The smallest absolute Gasteiger partial charge is 0.240 e. The van der Waals surface area contributed by atoms with E-state index in [1.54, 1.807) is 12.1 Å². The van der Waals surface area contributed by atoms with Crippen molar-refractivity contribution in [2.24, 2.45) is 0 Å². The summed E-state index contributed by atoms with van der Waals surface area (Å²) in [6.07, 6.45) is 1.32. The van der Waals surface area contributed by atoms with Gasteiger partial charge >= 0.3 is 0 Å². The predicted molar refractivity (Wildman–Crippen MR) is 101 cm³/mol. The molecule has 1 atom stereocenters. The lowest BCUT2D eigenvalue weighted by Gasteiger charge is -2.17. The largest absolute Gasteiger partial charge is 0.468 e. The molecule has 0 radical (unpaired) electrons. The lowest BCUT2D eigenvalue weighted by atomic mass is 10.2. The third kappa shape index (κ3) is 4.32. The number of furan rings is 1. The molecule has 0 aliphatic heterocycles. The molecule has 148 valence electrons. The summed E-state index contributed by atoms with van der Waals surface area (Å²) in [5.74, 6) is -0.461. The molecule has 1 unspecified atom stereocenters. The van der Waals surface area contributed by atoms with E-state index in [0.717, 1.165) is 29.8 Å². The van der Waals surface area contributed by atoms with Crippen molar-refractivity contribution in [1.29, 1.82) is 0 Å². The fourth-order valence-electron chi connectivity index (χ4n) is 2.61. The number of benzene rings is 2. The van der Waals surface area contributed by atoms with E-state index >= 15 is 0 Å². The van der Waals surface area contributed by atoms with Gasteiger partial charge in [-0.05, 0) is 55.5 Å². The number of rotatable bonds is 7. The molecule has 3 rings (SSSR count). The number of halogens is 1. The molecule has 0 saturated carbocycles. The summed E-state index contributed by atoms with van der Waals surface area (Å²) in [6, 6.07) is 13.5. The van der Waals surface area contributed by atoms with Gasteiger partial charge in [0.1, 0.15) is 16.8 Å². The Bertz CT molecular complexity index is 1140. The van der Waals surface area contributed by atoms with E-state index in [1.807, 2.05) is 6.92 Å². The SMILES string of the molecule is Cc1ccc(S(=O)(=O)C(CNS(=O)(=O)c2ccc(F)cc2)c2ccco2)cc1. The molecule has 1 heterocycles. The molecule has 0 aliphatic rings. The summed E-state index contributed by atoms with van der Waals surface area (Å²) in [7, 11) is -7.97. The topological polar surface area (TPSA) is 93.5 Å². The molecule has 1 aromatic heterocycles. The first-order valence-electron chi connectivity index (χ1n) is 8.29. The van der Waals surface area contributed by atoms with Gasteiger partial charge in [-0.1, -0.05) is 17.7 Å². The Kier molecular flexibility index (Phi) is 5.69. The minimum Gasteiger partial charge on any atom is -0.468 e. The van der Waals surface area contributed by atoms with Gasteiger partial charge in [0, 0.05) is 6.54 Å². The molecular formula is C19H18FNO5S2. The molecule has 3 aromatic rings. The molecule has 0 spiro atoms. The van der Waals surface area contributed by atoms with Crippen LogP contribution < -0.4 is 4.72 Å². The Balaban J connectivity index is 1.91. The van der Waals surface area contributed by atoms with Crippen LogP contribution in [0, 0.1) is 12.7 Å². The summed E-state index contributed by atoms with van der Waals surface area (Å²) in [5, 5.41) is -1.26. The molecule has 6 nitrogen and oxygen atoms in total. The molecule has 28 heavy (non-hydrogen) atoms. The highest BCUT2D eigenvalue weighted by Gasteiger charge is 2.32. The first kappa shape index (κ1) is 20.2. The number of aryl methyl sites for hydroxylation is 1. The van der Waals surface area contributed by atoms with E-state index in [9.17, 15) is 21.2 Å². The first-order chi connectivity index (χ1) is 13.2. The van der Waals surface area contributed by atoms with Crippen molar-refractivity contribution in [2.75, 3.05) is 6.54 Å². The summed E-state index contributed by atoms with van der Waals surface area (Å²) in [5.41, 5.74) is 0.894. The van der Waals surface area contributed by atoms with Crippen molar-refractivity contribution < 1.29 is 25.6 Å². The quantitative estimate of drug-likeness (QED) is 0.630. The normalized spacial score (nSPS) is 13.4. The minimum atomic E-state index is -4.04. The first-order valence-corrected chi connectivity index (χ1v) is 11.3. The van der Waals surface area contributed by atoms with E-state index in [4.69, 9.17) is 4.42 Å². The fourth-order valence-corrected chi connectivity index (χ4v) is 5.35. The maximum absolute atomic E-state index is 13.1. The Hall–Kier alpha value is -2.49. The molecular weight excluding hydrogens is 405 g/mol. The van der Waals surface area contributed by atoms with Gasteiger partial charge in [0.2, 0.25) is 10.0 Å². The second-order valence-electron chi connectivity index (χ2n) is 6.17. The summed E-state index contributed by atoms with van der Waals surface area (Å²) in [4.78, 5) is -0.111. The van der Waals surface area contributed by atoms with Crippen molar-refractivity contribution in [3.63, 3.8) is 0 Å². The van der Waals surface area contributed by atoms with Gasteiger partial charge in [0.05, 0.1) is 16.1 Å². The van der Waals surface area contributed by atoms with Crippen LogP contribution in [-0.4, -0.2) is 23.4 Å². The zero-order valence-electron chi connectivity index (χ0n) is 14.9. The molecule has 0 aliphatic carbocycles. The summed E-state index contributed by atoms with van der Waals surface area (Å²) in [6.45, 7) is 1.39. The summed E-state index contributed by atoms with van der Waals surface area (Å²) >= 11 is 0. The second-order valence-corrected chi connectivity index (χ2v) is 10.1. The number of hydrogen-bond acceptors (Lipinski definition) is 5. The number of sulfone groups is 1. The lowest BCUT2D eigenvalue weighted by Crippen LogP contribution is -2.31. The Labute approximate surface area is 163 Å². The van der Waals surface area contributed by atoms with E-state index in [2.05, 4.69) is 4.72 Å². The van der Waals surface area contributed by atoms with E-state index in [-0.39, 0.29) is 15.6 Å². The highest BCUT2D eigenvalue weighted by molar-refractivity contribution is 7.92. The van der Waals surface area contributed by atoms with Crippen LogP contribution in [0.15, 0.2) is 81.1 Å². The van der Waals surface area contributed by atoms with Crippen molar-refractivity contribution in [3.05, 3.63) is 84.1 Å². The van der Waals surface area contributed by atoms with Crippen molar-refractivity contribution >= 4 is 19.9 Å². The molecule has 0 saturated heterocycles. The van der Waals surface area contributed by atoms with Gasteiger partial charge in [0.25, 0.3) is 0 Å². The minimum absolute atomic E-state index is 0.0560. The van der Waals surface area contributed by atoms with E-state index in [1.165, 1.54) is 30.5 Å². The van der Waals surface area contributed by atoms with Gasteiger partial charge in [0.15, 0.2) is 9.84 Å². The average Bonchev–Trinajstić information content (AvgIpc) is 3.16. The number of nitrogens with one attached hydrogen (secondary N) is 1. The van der Waals surface area contributed by atoms with Gasteiger partial charge in [-0.3, -0.25) is 0 Å².